The topological polar surface area (TPSA) is 33.1 Å². The van der Waals surface area contributed by atoms with Crippen LogP contribution in [0, 0.1) is 0 Å². The lowest BCUT2D eigenvalue weighted by molar-refractivity contribution is 0.258. The maximum absolute atomic E-state index is 4.22. The van der Waals surface area contributed by atoms with Crippen molar-refractivity contribution in [3.8, 4) is 0 Å². The first kappa shape index (κ1) is 10.6. The van der Waals surface area contributed by atoms with Crippen molar-refractivity contribution in [3.63, 3.8) is 0 Å². The molecule has 1 aromatic rings. The first-order valence-corrected chi connectivity index (χ1v) is 5.78. The van der Waals surface area contributed by atoms with Crippen molar-refractivity contribution in [2.24, 2.45) is 0 Å². The maximum atomic E-state index is 4.22. The van der Waals surface area contributed by atoms with Gasteiger partial charge in [-0.25, -0.2) is 0 Å². The zero-order valence-corrected chi connectivity index (χ0v) is 9.39. The Morgan fingerprint density at radius 3 is 3.20 bits per heavy atom. The molecule has 1 aliphatic heterocycles. The number of nitrogens with zero attached hydrogens (tertiary/aromatic N) is 3. The van der Waals surface area contributed by atoms with Gasteiger partial charge in [-0.1, -0.05) is 0 Å². The van der Waals surface area contributed by atoms with Crippen LogP contribution in [0.15, 0.2) is 18.5 Å². The van der Waals surface area contributed by atoms with E-state index in [1.165, 1.54) is 13.0 Å². The second-order valence-electron chi connectivity index (χ2n) is 4.28. The molecule has 0 saturated carbocycles. The molecule has 1 saturated heterocycles. The molecular weight excluding hydrogens is 188 g/mol. The summed E-state index contributed by atoms with van der Waals surface area (Å²) in [6.45, 7) is 7.87. The molecular formula is C11H20N4. The highest BCUT2D eigenvalue weighted by Gasteiger charge is 2.13. The molecule has 84 valence electrons. The summed E-state index contributed by atoms with van der Waals surface area (Å²) in [5, 5.41) is 7.72. The fraction of sp³-hybridized carbons (Fsp3) is 0.727. The van der Waals surface area contributed by atoms with E-state index in [0.717, 1.165) is 26.2 Å². The van der Waals surface area contributed by atoms with Crippen molar-refractivity contribution in [1.82, 2.24) is 20.0 Å². The highest BCUT2D eigenvalue weighted by Crippen LogP contribution is 2.00. The van der Waals surface area contributed by atoms with Crippen molar-refractivity contribution in [3.05, 3.63) is 18.5 Å². The Morgan fingerprint density at radius 1 is 1.47 bits per heavy atom. The van der Waals surface area contributed by atoms with E-state index >= 15 is 0 Å². The van der Waals surface area contributed by atoms with Crippen LogP contribution in [0.1, 0.15) is 13.3 Å². The molecule has 1 aliphatic rings. The van der Waals surface area contributed by atoms with Gasteiger partial charge in [-0.05, 0) is 32.5 Å². The molecule has 0 spiro atoms. The Kier molecular flexibility index (Phi) is 3.75. The van der Waals surface area contributed by atoms with Crippen LogP contribution in [0.25, 0.3) is 0 Å². The molecule has 0 bridgehead atoms. The average Bonchev–Trinajstić information content (AvgIpc) is 2.65. The van der Waals surface area contributed by atoms with Crippen LogP contribution < -0.4 is 5.32 Å². The molecule has 0 radical (unpaired) electrons. The van der Waals surface area contributed by atoms with Gasteiger partial charge in [0, 0.05) is 31.5 Å². The molecule has 2 heterocycles. The van der Waals surface area contributed by atoms with Crippen LogP contribution in [0.2, 0.25) is 0 Å². The van der Waals surface area contributed by atoms with Crippen molar-refractivity contribution < 1.29 is 0 Å². The molecule has 1 unspecified atom stereocenters. The third kappa shape index (κ3) is 3.32. The van der Waals surface area contributed by atoms with Crippen molar-refractivity contribution in [2.45, 2.75) is 25.9 Å². The molecule has 2 rings (SSSR count). The highest BCUT2D eigenvalue weighted by molar-refractivity contribution is 4.78. The zero-order valence-electron chi connectivity index (χ0n) is 9.39. The molecule has 0 aromatic carbocycles. The van der Waals surface area contributed by atoms with Crippen LogP contribution in [0.4, 0.5) is 0 Å². The van der Waals surface area contributed by atoms with Gasteiger partial charge in [0.25, 0.3) is 0 Å². The Bertz CT molecular complexity index is 270. The minimum Gasteiger partial charge on any atom is -0.313 e. The van der Waals surface area contributed by atoms with Gasteiger partial charge in [-0.2, -0.15) is 5.10 Å². The second-order valence-corrected chi connectivity index (χ2v) is 4.28. The molecule has 1 aromatic heterocycles. The first-order chi connectivity index (χ1) is 7.34. The summed E-state index contributed by atoms with van der Waals surface area (Å²) in [7, 11) is 0. The SMILES string of the molecule is CC1CN(CCn2cccn2)CCCN1. The van der Waals surface area contributed by atoms with E-state index in [9.17, 15) is 0 Å². The first-order valence-electron chi connectivity index (χ1n) is 5.78. The van der Waals surface area contributed by atoms with E-state index in [4.69, 9.17) is 0 Å². The Morgan fingerprint density at radius 2 is 2.40 bits per heavy atom. The highest BCUT2D eigenvalue weighted by atomic mass is 15.3. The lowest BCUT2D eigenvalue weighted by Crippen LogP contribution is -2.36. The van der Waals surface area contributed by atoms with Gasteiger partial charge in [0.2, 0.25) is 0 Å². The normalized spacial score (nSPS) is 23.9. The summed E-state index contributed by atoms with van der Waals surface area (Å²) in [6, 6.07) is 2.59. The number of hydrogen-bond donors (Lipinski definition) is 1. The van der Waals surface area contributed by atoms with E-state index in [1.54, 1.807) is 0 Å². The fourth-order valence-electron chi connectivity index (χ4n) is 2.07. The van der Waals surface area contributed by atoms with Gasteiger partial charge in [-0.15, -0.1) is 0 Å². The average molecular weight is 208 g/mol. The fourth-order valence-corrected chi connectivity index (χ4v) is 2.07. The minimum absolute atomic E-state index is 0.616. The third-order valence-corrected chi connectivity index (χ3v) is 2.88. The van der Waals surface area contributed by atoms with E-state index in [1.807, 2.05) is 23.1 Å². The molecule has 1 fully saturated rings. The largest absolute Gasteiger partial charge is 0.313 e. The van der Waals surface area contributed by atoms with Gasteiger partial charge >= 0.3 is 0 Å². The summed E-state index contributed by atoms with van der Waals surface area (Å²) in [5.41, 5.74) is 0. The molecule has 4 heteroatoms. The van der Waals surface area contributed by atoms with Gasteiger partial charge in [0.15, 0.2) is 0 Å². The summed E-state index contributed by atoms with van der Waals surface area (Å²) >= 11 is 0. The number of nitrogens with one attached hydrogen (secondary N) is 1. The molecule has 1 atom stereocenters. The Labute approximate surface area is 91.3 Å². The van der Waals surface area contributed by atoms with E-state index in [2.05, 4.69) is 22.2 Å². The number of aromatic nitrogens is 2. The molecule has 1 N–H and O–H groups in total. The zero-order chi connectivity index (χ0) is 10.5. The second kappa shape index (κ2) is 5.28. The van der Waals surface area contributed by atoms with Gasteiger partial charge in [-0.3, -0.25) is 9.58 Å². The maximum Gasteiger partial charge on any atom is 0.0536 e. The van der Waals surface area contributed by atoms with Crippen molar-refractivity contribution in [1.29, 1.82) is 0 Å². The summed E-state index contributed by atoms with van der Waals surface area (Å²) < 4.78 is 2.00. The van der Waals surface area contributed by atoms with Crippen LogP contribution in [0.5, 0.6) is 0 Å². The number of rotatable bonds is 3. The van der Waals surface area contributed by atoms with Gasteiger partial charge in [0.05, 0.1) is 6.54 Å². The third-order valence-electron chi connectivity index (χ3n) is 2.88. The standard InChI is InChI=1S/C11H20N4/c1-11-10-14(6-2-4-12-11)8-9-15-7-3-5-13-15/h3,5,7,11-12H,2,4,6,8-10H2,1H3. The van der Waals surface area contributed by atoms with Crippen LogP contribution in [0.3, 0.4) is 0 Å². The van der Waals surface area contributed by atoms with Crippen molar-refractivity contribution in [2.75, 3.05) is 26.2 Å². The Balaban J connectivity index is 1.78. The number of hydrogen-bond acceptors (Lipinski definition) is 3. The summed E-state index contributed by atoms with van der Waals surface area (Å²) in [5.74, 6) is 0. The summed E-state index contributed by atoms with van der Waals surface area (Å²) in [4.78, 5) is 2.52. The van der Waals surface area contributed by atoms with Gasteiger partial charge in [0.1, 0.15) is 0 Å². The van der Waals surface area contributed by atoms with E-state index < -0.39 is 0 Å². The lowest BCUT2D eigenvalue weighted by Gasteiger charge is -2.21. The monoisotopic (exact) mass is 208 g/mol. The predicted octanol–water partition coefficient (Wildman–Crippen LogP) is 0.567. The quantitative estimate of drug-likeness (QED) is 0.788. The van der Waals surface area contributed by atoms with E-state index in [0.29, 0.717) is 6.04 Å². The Hall–Kier alpha value is -0.870. The van der Waals surface area contributed by atoms with Crippen molar-refractivity contribution >= 4 is 0 Å². The molecule has 0 aliphatic carbocycles. The van der Waals surface area contributed by atoms with Crippen LogP contribution in [-0.2, 0) is 6.54 Å². The minimum atomic E-state index is 0.616. The van der Waals surface area contributed by atoms with E-state index in [-0.39, 0.29) is 0 Å². The molecule has 15 heavy (non-hydrogen) atoms. The van der Waals surface area contributed by atoms with Crippen LogP contribution in [-0.4, -0.2) is 46.9 Å². The molecule has 0 amide bonds. The molecule has 4 nitrogen and oxygen atoms in total. The predicted molar refractivity (Wildman–Crippen MR) is 60.7 cm³/mol. The lowest BCUT2D eigenvalue weighted by atomic mass is 10.3. The smallest absolute Gasteiger partial charge is 0.0536 e. The van der Waals surface area contributed by atoms with Gasteiger partial charge < -0.3 is 5.32 Å². The summed E-state index contributed by atoms with van der Waals surface area (Å²) in [6.07, 6.45) is 5.12. The van der Waals surface area contributed by atoms with Crippen LogP contribution >= 0.6 is 0 Å².